The van der Waals surface area contributed by atoms with E-state index in [0.29, 0.717) is 6.04 Å². The monoisotopic (exact) mass is 283 g/mol. The van der Waals surface area contributed by atoms with Crippen LogP contribution < -0.4 is 10.6 Å². The van der Waals surface area contributed by atoms with Crippen LogP contribution in [-0.4, -0.2) is 49.1 Å². The Morgan fingerprint density at radius 2 is 1.90 bits per heavy atom. The fourth-order valence-electron chi connectivity index (χ4n) is 2.93. The summed E-state index contributed by atoms with van der Waals surface area (Å²) in [6, 6.07) is 0.302. The molecule has 20 heavy (non-hydrogen) atoms. The first-order chi connectivity index (χ1) is 9.58. The van der Waals surface area contributed by atoms with Crippen molar-refractivity contribution in [3.05, 3.63) is 0 Å². The standard InChI is InChI=1S/C16H33N3O/c1-5-7-13(3)18-16(20)14(4)19-10-8-15(9-11-19)12-17-6-2/h13-15,17H,5-12H2,1-4H3,(H,18,20). The van der Waals surface area contributed by atoms with E-state index < -0.39 is 0 Å². The molecule has 1 aliphatic heterocycles. The number of nitrogens with zero attached hydrogens (tertiary/aromatic N) is 1. The van der Waals surface area contributed by atoms with Crippen LogP contribution in [0.15, 0.2) is 0 Å². The van der Waals surface area contributed by atoms with Gasteiger partial charge in [-0.3, -0.25) is 9.69 Å². The van der Waals surface area contributed by atoms with E-state index in [1.165, 1.54) is 12.8 Å². The SMILES string of the molecule is CCCC(C)NC(=O)C(C)N1CCC(CNCC)CC1. The molecule has 4 heteroatoms. The number of rotatable bonds is 8. The van der Waals surface area contributed by atoms with E-state index in [2.05, 4.69) is 36.3 Å². The van der Waals surface area contributed by atoms with E-state index in [4.69, 9.17) is 0 Å². The largest absolute Gasteiger partial charge is 0.352 e. The van der Waals surface area contributed by atoms with Crippen LogP contribution in [-0.2, 0) is 4.79 Å². The van der Waals surface area contributed by atoms with Crippen LogP contribution >= 0.6 is 0 Å². The molecule has 0 aliphatic carbocycles. The van der Waals surface area contributed by atoms with E-state index in [-0.39, 0.29) is 11.9 Å². The van der Waals surface area contributed by atoms with Crippen LogP contribution in [0.5, 0.6) is 0 Å². The molecular weight excluding hydrogens is 250 g/mol. The van der Waals surface area contributed by atoms with Gasteiger partial charge in [-0.25, -0.2) is 0 Å². The van der Waals surface area contributed by atoms with Crippen LogP contribution in [0.4, 0.5) is 0 Å². The Labute approximate surface area is 124 Å². The summed E-state index contributed by atoms with van der Waals surface area (Å²) in [5.74, 6) is 0.969. The second kappa shape index (κ2) is 9.35. The lowest BCUT2D eigenvalue weighted by Gasteiger charge is -2.35. The zero-order valence-corrected chi connectivity index (χ0v) is 13.7. The highest BCUT2D eigenvalue weighted by molar-refractivity contribution is 5.81. The molecule has 2 atom stereocenters. The second-order valence-corrected chi connectivity index (χ2v) is 6.16. The maximum absolute atomic E-state index is 12.2. The zero-order chi connectivity index (χ0) is 15.0. The van der Waals surface area contributed by atoms with Gasteiger partial charge in [0.2, 0.25) is 5.91 Å². The third-order valence-corrected chi connectivity index (χ3v) is 4.37. The van der Waals surface area contributed by atoms with Crippen LogP contribution in [0.2, 0.25) is 0 Å². The highest BCUT2D eigenvalue weighted by Crippen LogP contribution is 2.18. The molecule has 118 valence electrons. The van der Waals surface area contributed by atoms with Crippen molar-refractivity contribution in [2.75, 3.05) is 26.2 Å². The van der Waals surface area contributed by atoms with Crippen LogP contribution in [0.1, 0.15) is 53.4 Å². The Balaban J connectivity index is 2.30. The first kappa shape index (κ1) is 17.4. The summed E-state index contributed by atoms with van der Waals surface area (Å²) in [6.45, 7) is 12.7. The van der Waals surface area contributed by atoms with Crippen molar-refractivity contribution >= 4 is 5.91 Å². The summed E-state index contributed by atoms with van der Waals surface area (Å²) >= 11 is 0. The fourth-order valence-corrected chi connectivity index (χ4v) is 2.93. The van der Waals surface area contributed by atoms with Crippen molar-refractivity contribution in [1.82, 2.24) is 15.5 Å². The third-order valence-electron chi connectivity index (χ3n) is 4.37. The summed E-state index contributed by atoms with van der Waals surface area (Å²) in [4.78, 5) is 14.5. The number of hydrogen-bond acceptors (Lipinski definition) is 3. The molecule has 1 fully saturated rings. The van der Waals surface area contributed by atoms with Gasteiger partial charge in [-0.05, 0) is 65.2 Å². The minimum absolute atomic E-state index is 0.00869. The fraction of sp³-hybridized carbons (Fsp3) is 0.938. The molecule has 0 aromatic heterocycles. The summed E-state index contributed by atoms with van der Waals surface area (Å²) in [5.41, 5.74) is 0. The number of amides is 1. The van der Waals surface area contributed by atoms with Gasteiger partial charge in [0.1, 0.15) is 0 Å². The van der Waals surface area contributed by atoms with Crippen LogP contribution in [0.3, 0.4) is 0 Å². The lowest BCUT2D eigenvalue weighted by atomic mass is 9.95. The molecule has 1 amide bonds. The maximum atomic E-state index is 12.2. The van der Waals surface area contributed by atoms with Gasteiger partial charge in [-0.2, -0.15) is 0 Å². The highest BCUT2D eigenvalue weighted by atomic mass is 16.2. The van der Waals surface area contributed by atoms with E-state index >= 15 is 0 Å². The molecule has 0 aromatic carbocycles. The van der Waals surface area contributed by atoms with E-state index in [0.717, 1.165) is 44.9 Å². The molecule has 0 saturated carbocycles. The van der Waals surface area contributed by atoms with E-state index in [9.17, 15) is 4.79 Å². The molecule has 2 unspecified atom stereocenters. The van der Waals surface area contributed by atoms with Crippen molar-refractivity contribution in [3.63, 3.8) is 0 Å². The molecule has 2 N–H and O–H groups in total. The summed E-state index contributed by atoms with van der Waals surface area (Å²) < 4.78 is 0. The van der Waals surface area contributed by atoms with Gasteiger partial charge in [0.15, 0.2) is 0 Å². The Morgan fingerprint density at radius 3 is 2.45 bits per heavy atom. The number of hydrogen-bond donors (Lipinski definition) is 2. The van der Waals surface area contributed by atoms with Gasteiger partial charge in [-0.15, -0.1) is 0 Å². The average molecular weight is 283 g/mol. The lowest BCUT2D eigenvalue weighted by molar-refractivity contribution is -0.127. The van der Waals surface area contributed by atoms with Gasteiger partial charge in [0.05, 0.1) is 6.04 Å². The van der Waals surface area contributed by atoms with Gasteiger partial charge < -0.3 is 10.6 Å². The van der Waals surface area contributed by atoms with Gasteiger partial charge in [0, 0.05) is 6.04 Å². The van der Waals surface area contributed by atoms with Gasteiger partial charge in [0.25, 0.3) is 0 Å². The molecule has 1 saturated heterocycles. The topological polar surface area (TPSA) is 44.4 Å². The number of carbonyl (C=O) groups excluding carboxylic acids is 1. The van der Waals surface area contributed by atoms with Gasteiger partial charge in [-0.1, -0.05) is 20.3 Å². The number of nitrogens with one attached hydrogen (secondary N) is 2. The van der Waals surface area contributed by atoms with Crippen molar-refractivity contribution in [2.24, 2.45) is 5.92 Å². The molecule has 4 nitrogen and oxygen atoms in total. The predicted molar refractivity (Wildman–Crippen MR) is 84.8 cm³/mol. The van der Waals surface area contributed by atoms with Crippen molar-refractivity contribution in [1.29, 1.82) is 0 Å². The lowest BCUT2D eigenvalue weighted by Crippen LogP contribution is -2.50. The Morgan fingerprint density at radius 1 is 1.25 bits per heavy atom. The molecule has 0 spiro atoms. The molecule has 1 rings (SSSR count). The second-order valence-electron chi connectivity index (χ2n) is 6.16. The Bertz CT molecular complexity index is 275. The number of likely N-dealkylation sites (tertiary alicyclic amines) is 1. The normalized spacial score (nSPS) is 20.6. The summed E-state index contributed by atoms with van der Waals surface area (Å²) in [7, 11) is 0. The molecule has 1 aliphatic rings. The number of piperidine rings is 1. The Hall–Kier alpha value is -0.610. The smallest absolute Gasteiger partial charge is 0.237 e. The maximum Gasteiger partial charge on any atom is 0.237 e. The quantitative estimate of drug-likeness (QED) is 0.716. The summed E-state index contributed by atoms with van der Waals surface area (Å²) in [5, 5.41) is 6.56. The van der Waals surface area contributed by atoms with Crippen LogP contribution in [0.25, 0.3) is 0 Å². The van der Waals surface area contributed by atoms with Gasteiger partial charge >= 0.3 is 0 Å². The minimum Gasteiger partial charge on any atom is -0.352 e. The highest BCUT2D eigenvalue weighted by Gasteiger charge is 2.26. The number of carbonyl (C=O) groups is 1. The van der Waals surface area contributed by atoms with Crippen LogP contribution in [0, 0.1) is 5.92 Å². The Kier molecular flexibility index (Phi) is 8.15. The molecule has 0 aromatic rings. The third kappa shape index (κ3) is 5.80. The van der Waals surface area contributed by atoms with E-state index in [1.54, 1.807) is 0 Å². The van der Waals surface area contributed by atoms with Crippen molar-refractivity contribution < 1.29 is 4.79 Å². The predicted octanol–water partition coefficient (Wildman–Crippen LogP) is 2.00. The van der Waals surface area contributed by atoms with E-state index in [1.807, 2.05) is 6.92 Å². The molecular formula is C16H33N3O. The zero-order valence-electron chi connectivity index (χ0n) is 13.7. The molecule has 0 radical (unpaired) electrons. The molecule has 1 heterocycles. The van der Waals surface area contributed by atoms with Crippen molar-refractivity contribution in [3.8, 4) is 0 Å². The summed E-state index contributed by atoms with van der Waals surface area (Å²) in [6.07, 6.45) is 4.58. The molecule has 0 bridgehead atoms. The van der Waals surface area contributed by atoms with Crippen molar-refractivity contribution in [2.45, 2.75) is 65.5 Å². The average Bonchev–Trinajstić information content (AvgIpc) is 2.45. The minimum atomic E-state index is 0.00869. The first-order valence-corrected chi connectivity index (χ1v) is 8.33. The first-order valence-electron chi connectivity index (χ1n) is 8.33.